The van der Waals surface area contributed by atoms with Gasteiger partial charge in [-0.3, -0.25) is 9.59 Å². The molecule has 4 N–H and O–H groups in total. The average molecular weight is 1060 g/mol. The van der Waals surface area contributed by atoms with Crippen LogP contribution in [0.25, 0.3) is 0 Å². The van der Waals surface area contributed by atoms with E-state index < -0.39 is 56.7 Å². The molecule has 4 atom stereocenters. The molecule has 0 aliphatic rings. The smallest absolute Gasteiger partial charge is 0.246 e. The highest BCUT2D eigenvalue weighted by atomic mass is 28.3. The topological polar surface area (TPSA) is 158 Å². The van der Waals surface area contributed by atoms with Gasteiger partial charge in [-0.15, -0.1) is 0 Å². The van der Waals surface area contributed by atoms with Crippen molar-refractivity contribution in [2.24, 2.45) is 0 Å². The highest BCUT2D eigenvalue weighted by molar-refractivity contribution is 6.81. The molecule has 0 radical (unpaired) electrons. The van der Waals surface area contributed by atoms with Gasteiger partial charge in [0.15, 0.2) is 0 Å². The molecular weight excluding hydrogens is 949 g/mol. The van der Waals surface area contributed by atoms with Crippen LogP contribution in [0.3, 0.4) is 0 Å². The van der Waals surface area contributed by atoms with Crippen molar-refractivity contribution in [3.8, 4) is 0 Å². The van der Waals surface area contributed by atoms with Gasteiger partial charge in [0.2, 0.25) is 11.8 Å². The number of amides is 2. The van der Waals surface area contributed by atoms with E-state index in [0.717, 1.165) is 25.7 Å². The van der Waals surface area contributed by atoms with E-state index in [4.69, 9.17) is 18.9 Å². The van der Waals surface area contributed by atoms with Crippen LogP contribution < -0.4 is 0 Å². The zero-order chi connectivity index (χ0) is 55.0. The largest absolute Gasteiger partial charge is 0.389 e. The second-order valence-electron chi connectivity index (χ2n) is 26.8. The van der Waals surface area contributed by atoms with Crippen LogP contribution in [0.2, 0.25) is 96.7 Å². The predicted octanol–water partition coefficient (Wildman–Crippen LogP) is 11.1. The standard InChI is InChI=1S/2C27H57NO5Si2/c2*1-12-25(31)28(19-23(29)21-32-15-13-17-34(8,9)26(2,3)4)20-24(30)22-33-16-14-18-35(10,11)27(5,6)7/h2*12,23-24,29-30H,1,13-22H2,2-11H3. The number of rotatable bonds is 34. The van der Waals surface area contributed by atoms with E-state index >= 15 is 0 Å². The average Bonchev–Trinajstić information content (AvgIpc) is 3.20. The van der Waals surface area contributed by atoms with E-state index in [9.17, 15) is 30.0 Å². The molecule has 12 nitrogen and oxygen atoms in total. The minimum Gasteiger partial charge on any atom is -0.389 e. The molecular formula is C54H114N2O10Si4. The van der Waals surface area contributed by atoms with Crippen molar-refractivity contribution >= 4 is 44.1 Å². The number of carbonyl (C=O) groups excluding carboxylic acids is 2. The quantitative estimate of drug-likeness (QED) is 0.0278. The van der Waals surface area contributed by atoms with Crippen molar-refractivity contribution in [1.82, 2.24) is 9.80 Å². The molecule has 0 aromatic heterocycles. The summed E-state index contributed by atoms with van der Waals surface area (Å²) in [6.07, 6.45) is 3.06. The second kappa shape index (κ2) is 32.4. The Morgan fingerprint density at radius 2 is 0.586 bits per heavy atom. The van der Waals surface area contributed by atoms with Crippen LogP contribution in [-0.2, 0) is 28.5 Å². The molecule has 16 heteroatoms. The number of aliphatic hydroxyl groups excluding tert-OH is 4. The Morgan fingerprint density at radius 1 is 0.414 bits per heavy atom. The summed E-state index contributed by atoms with van der Waals surface area (Å²) in [5.41, 5.74) is 0. The fraction of sp³-hybridized carbons (Fsp3) is 0.889. The molecule has 4 unspecified atom stereocenters. The molecule has 0 rings (SSSR count). The number of aliphatic hydroxyl groups is 4. The number of ether oxygens (including phenoxy) is 4. The number of carbonyl (C=O) groups is 2. The minimum atomic E-state index is -1.33. The molecule has 0 saturated carbocycles. The molecule has 0 bridgehead atoms. The van der Waals surface area contributed by atoms with E-state index in [1.807, 2.05) is 0 Å². The van der Waals surface area contributed by atoms with Gasteiger partial charge in [0.25, 0.3) is 0 Å². The molecule has 0 aromatic carbocycles. The Labute approximate surface area is 435 Å². The zero-order valence-corrected chi connectivity index (χ0v) is 53.2. The van der Waals surface area contributed by atoms with Gasteiger partial charge in [0.05, 0.1) is 83.1 Å². The van der Waals surface area contributed by atoms with E-state index in [2.05, 4.69) is 149 Å². The maximum Gasteiger partial charge on any atom is 0.246 e. The van der Waals surface area contributed by atoms with Gasteiger partial charge < -0.3 is 49.2 Å². The lowest BCUT2D eigenvalue weighted by Crippen LogP contribution is -2.43. The summed E-state index contributed by atoms with van der Waals surface area (Å²) in [6, 6.07) is 4.71. The Balaban J connectivity index is 0. The Hall–Kier alpha value is -1.03. The summed E-state index contributed by atoms with van der Waals surface area (Å²) in [4.78, 5) is 27.3. The van der Waals surface area contributed by atoms with E-state index in [-0.39, 0.29) is 64.4 Å². The lowest BCUT2D eigenvalue weighted by molar-refractivity contribution is -0.130. The summed E-state index contributed by atoms with van der Waals surface area (Å²) in [5, 5.41) is 43.0. The lowest BCUT2D eigenvalue weighted by Gasteiger charge is -2.37. The molecule has 0 heterocycles. The van der Waals surface area contributed by atoms with Crippen LogP contribution in [0.5, 0.6) is 0 Å². The third-order valence-corrected chi connectivity index (χ3v) is 39.1. The first kappa shape index (κ1) is 71.0. The number of hydrogen-bond donors (Lipinski definition) is 4. The monoisotopic (exact) mass is 1060 g/mol. The zero-order valence-electron chi connectivity index (χ0n) is 49.2. The third kappa shape index (κ3) is 29.8. The molecule has 0 aliphatic carbocycles. The number of hydrogen-bond acceptors (Lipinski definition) is 10. The first-order chi connectivity index (χ1) is 31.7. The van der Waals surface area contributed by atoms with Gasteiger partial charge in [-0.2, -0.15) is 0 Å². The Bertz CT molecular complexity index is 1270. The SMILES string of the molecule is C=CC(=O)N(CC(O)COCCC[Si](C)(C)C(C)(C)C)CC(O)COCCC[Si](C)(C)C(C)(C)C.C=CC(=O)N(CC(O)COCCC[Si](C)(C)C(C)(C)C)CC(O)COCCC[Si](C)(C)C(C)(C)C. The van der Waals surface area contributed by atoms with E-state index in [0.29, 0.717) is 46.6 Å². The van der Waals surface area contributed by atoms with Gasteiger partial charge in [0.1, 0.15) is 0 Å². The summed E-state index contributed by atoms with van der Waals surface area (Å²) in [7, 11) is -5.30. The van der Waals surface area contributed by atoms with Crippen LogP contribution in [0.4, 0.5) is 0 Å². The Kier molecular flexibility index (Phi) is 32.9. The van der Waals surface area contributed by atoms with Crippen molar-refractivity contribution in [2.45, 2.75) is 230 Å². The van der Waals surface area contributed by atoms with Crippen molar-refractivity contribution in [3.63, 3.8) is 0 Å². The fourth-order valence-electron chi connectivity index (χ4n) is 6.84. The molecule has 416 valence electrons. The number of nitrogens with zero attached hydrogens (tertiary/aromatic N) is 2. The van der Waals surface area contributed by atoms with Crippen LogP contribution in [-0.4, -0.2) is 178 Å². The molecule has 0 aromatic rings. The van der Waals surface area contributed by atoms with Crippen molar-refractivity contribution in [2.75, 3.05) is 79.0 Å². The first-order valence-corrected chi connectivity index (χ1v) is 39.4. The minimum absolute atomic E-state index is 0.0928. The van der Waals surface area contributed by atoms with E-state index in [1.54, 1.807) is 0 Å². The molecule has 2 amide bonds. The van der Waals surface area contributed by atoms with Gasteiger partial charge in [-0.25, -0.2) is 0 Å². The highest BCUT2D eigenvalue weighted by Gasteiger charge is 2.37. The maximum atomic E-state index is 12.3. The first-order valence-electron chi connectivity index (χ1n) is 26.5. The van der Waals surface area contributed by atoms with Crippen LogP contribution in [0, 0.1) is 0 Å². The van der Waals surface area contributed by atoms with Crippen molar-refractivity contribution in [1.29, 1.82) is 0 Å². The van der Waals surface area contributed by atoms with Crippen LogP contribution in [0.15, 0.2) is 25.3 Å². The normalized spacial score (nSPS) is 15.1. The summed E-state index contributed by atoms with van der Waals surface area (Å²) < 4.78 is 22.8. The van der Waals surface area contributed by atoms with Gasteiger partial charge in [-0.05, 0) is 58.0 Å². The van der Waals surface area contributed by atoms with Crippen LogP contribution >= 0.6 is 0 Å². The lowest BCUT2D eigenvalue weighted by atomic mass is 10.2. The fourth-order valence-corrected chi connectivity index (χ4v) is 14.0. The van der Waals surface area contributed by atoms with Crippen molar-refractivity contribution < 1.29 is 49.0 Å². The molecule has 0 fully saturated rings. The van der Waals surface area contributed by atoms with Gasteiger partial charge >= 0.3 is 0 Å². The molecule has 0 aliphatic heterocycles. The molecule has 70 heavy (non-hydrogen) atoms. The van der Waals surface area contributed by atoms with Crippen LogP contribution in [0.1, 0.15) is 109 Å². The van der Waals surface area contributed by atoms with E-state index in [1.165, 1.54) is 46.1 Å². The maximum absolute atomic E-state index is 12.3. The Morgan fingerprint density at radius 3 is 0.729 bits per heavy atom. The summed E-state index contributed by atoms with van der Waals surface area (Å²) in [5.74, 6) is -0.641. The summed E-state index contributed by atoms with van der Waals surface area (Å²) in [6.45, 7) is 57.5. The second-order valence-corrected chi connectivity index (χ2v) is 49.8. The molecule has 0 saturated heterocycles. The predicted molar refractivity (Wildman–Crippen MR) is 307 cm³/mol. The van der Waals surface area contributed by atoms with Gasteiger partial charge in [-0.1, -0.05) is 173 Å². The van der Waals surface area contributed by atoms with Crippen molar-refractivity contribution in [3.05, 3.63) is 25.3 Å². The highest BCUT2D eigenvalue weighted by Crippen LogP contribution is 2.41. The third-order valence-electron chi connectivity index (χ3n) is 16.4. The molecule has 0 spiro atoms. The van der Waals surface area contributed by atoms with Gasteiger partial charge in [0, 0.05) is 52.6 Å². The summed E-state index contributed by atoms with van der Waals surface area (Å²) >= 11 is 0.